The predicted molar refractivity (Wildman–Crippen MR) is 67.9 cm³/mol. The third kappa shape index (κ3) is 2.49. The minimum Gasteiger partial charge on any atom is -0.398 e. The number of benzene rings is 1. The number of anilines is 1. The summed E-state index contributed by atoms with van der Waals surface area (Å²) in [5, 5.41) is 0. The third-order valence-corrected chi connectivity index (χ3v) is 5.33. The number of halogens is 1. The van der Waals surface area contributed by atoms with Crippen LogP contribution in [0.4, 0.5) is 10.1 Å². The second-order valence-electron chi connectivity index (χ2n) is 4.94. The average molecular weight is 272 g/mol. The Kier molecular flexibility index (Phi) is 3.33. The standard InChI is InChI=1S/C12H17FN2O2S/c1-8-5-9(8)7-15(2)18(16,17)12-4-3-10(13)6-11(12)14/h3-4,6,8-9H,5,7,14H2,1-2H3. The molecule has 0 spiro atoms. The highest BCUT2D eigenvalue weighted by Gasteiger charge is 2.36. The van der Waals surface area contributed by atoms with E-state index in [0.717, 1.165) is 18.6 Å². The Hall–Kier alpha value is -1.14. The number of nitrogen functional groups attached to an aromatic ring is 1. The van der Waals surface area contributed by atoms with Crippen LogP contribution in [0.5, 0.6) is 0 Å². The van der Waals surface area contributed by atoms with E-state index in [1.807, 2.05) is 0 Å². The highest BCUT2D eigenvalue weighted by Crippen LogP contribution is 2.39. The van der Waals surface area contributed by atoms with Crippen molar-refractivity contribution in [1.29, 1.82) is 0 Å². The molecule has 2 rings (SSSR count). The van der Waals surface area contributed by atoms with Crippen LogP contribution < -0.4 is 5.73 Å². The fraction of sp³-hybridized carbons (Fsp3) is 0.500. The third-order valence-electron chi connectivity index (χ3n) is 3.43. The lowest BCUT2D eigenvalue weighted by Crippen LogP contribution is -2.29. The summed E-state index contributed by atoms with van der Waals surface area (Å²) in [6.45, 7) is 2.58. The molecular weight excluding hydrogens is 255 g/mol. The molecule has 4 nitrogen and oxygen atoms in total. The van der Waals surface area contributed by atoms with Crippen molar-refractivity contribution in [3.63, 3.8) is 0 Å². The maximum absolute atomic E-state index is 12.9. The topological polar surface area (TPSA) is 63.4 Å². The molecule has 2 unspecified atom stereocenters. The number of nitrogens with zero attached hydrogens (tertiary/aromatic N) is 1. The molecular formula is C12H17FN2O2S. The Bertz CT molecular complexity index is 559. The van der Waals surface area contributed by atoms with Gasteiger partial charge in [-0.1, -0.05) is 6.92 Å². The highest BCUT2D eigenvalue weighted by molar-refractivity contribution is 7.89. The van der Waals surface area contributed by atoms with Crippen LogP contribution >= 0.6 is 0 Å². The molecule has 2 atom stereocenters. The molecule has 1 saturated carbocycles. The second kappa shape index (κ2) is 4.51. The van der Waals surface area contributed by atoms with Crippen LogP contribution in [0.2, 0.25) is 0 Å². The molecule has 1 aliphatic rings. The van der Waals surface area contributed by atoms with Crippen LogP contribution in [0.15, 0.2) is 23.1 Å². The summed E-state index contributed by atoms with van der Waals surface area (Å²) in [7, 11) is -2.09. The summed E-state index contributed by atoms with van der Waals surface area (Å²) in [5.74, 6) is 0.463. The van der Waals surface area contributed by atoms with Gasteiger partial charge < -0.3 is 5.73 Å². The largest absolute Gasteiger partial charge is 0.398 e. The lowest BCUT2D eigenvalue weighted by atomic mass is 10.3. The molecule has 1 fully saturated rings. The molecule has 6 heteroatoms. The van der Waals surface area contributed by atoms with Crippen LogP contribution in [0.25, 0.3) is 0 Å². The second-order valence-corrected chi connectivity index (χ2v) is 6.95. The van der Waals surface area contributed by atoms with Gasteiger partial charge in [-0.25, -0.2) is 17.1 Å². The van der Waals surface area contributed by atoms with Crippen LogP contribution in [-0.4, -0.2) is 26.3 Å². The predicted octanol–water partition coefficient (Wildman–Crippen LogP) is 1.68. The van der Waals surface area contributed by atoms with Gasteiger partial charge in [0, 0.05) is 13.6 Å². The van der Waals surface area contributed by atoms with E-state index >= 15 is 0 Å². The molecule has 1 aliphatic carbocycles. The van der Waals surface area contributed by atoms with Crippen LogP contribution in [0, 0.1) is 17.7 Å². The monoisotopic (exact) mass is 272 g/mol. The van der Waals surface area contributed by atoms with Crippen molar-refractivity contribution in [2.24, 2.45) is 11.8 Å². The molecule has 0 amide bonds. The lowest BCUT2D eigenvalue weighted by molar-refractivity contribution is 0.445. The van der Waals surface area contributed by atoms with E-state index in [4.69, 9.17) is 5.73 Å². The van der Waals surface area contributed by atoms with E-state index in [-0.39, 0.29) is 10.6 Å². The van der Waals surface area contributed by atoms with E-state index in [1.54, 1.807) is 0 Å². The zero-order valence-corrected chi connectivity index (χ0v) is 11.2. The van der Waals surface area contributed by atoms with Gasteiger partial charge in [0.25, 0.3) is 0 Å². The van der Waals surface area contributed by atoms with Crippen molar-refractivity contribution in [2.45, 2.75) is 18.2 Å². The number of nitrogens with two attached hydrogens (primary N) is 1. The van der Waals surface area contributed by atoms with E-state index in [9.17, 15) is 12.8 Å². The van der Waals surface area contributed by atoms with Gasteiger partial charge in [-0.2, -0.15) is 0 Å². The van der Waals surface area contributed by atoms with Gasteiger partial charge in [0.2, 0.25) is 10.0 Å². The van der Waals surface area contributed by atoms with Gasteiger partial charge in [0.05, 0.1) is 5.69 Å². The Labute approximate surface area is 107 Å². The first-order chi connectivity index (χ1) is 8.32. The van der Waals surface area contributed by atoms with Crippen LogP contribution in [0.3, 0.4) is 0 Å². The minimum atomic E-state index is -3.62. The van der Waals surface area contributed by atoms with E-state index in [1.165, 1.54) is 17.4 Å². The van der Waals surface area contributed by atoms with Crippen molar-refractivity contribution < 1.29 is 12.8 Å². The maximum Gasteiger partial charge on any atom is 0.244 e. The summed E-state index contributed by atoms with van der Waals surface area (Å²) in [5.41, 5.74) is 5.52. The molecule has 0 heterocycles. The summed E-state index contributed by atoms with van der Waals surface area (Å²) in [6.07, 6.45) is 1.05. The van der Waals surface area contributed by atoms with Crippen LogP contribution in [-0.2, 0) is 10.0 Å². The number of sulfonamides is 1. The molecule has 0 radical (unpaired) electrons. The molecule has 18 heavy (non-hydrogen) atoms. The van der Waals surface area contributed by atoms with Crippen molar-refractivity contribution in [3.8, 4) is 0 Å². The fourth-order valence-electron chi connectivity index (χ4n) is 2.00. The van der Waals surface area contributed by atoms with E-state index < -0.39 is 15.8 Å². The first-order valence-electron chi connectivity index (χ1n) is 5.83. The summed E-state index contributed by atoms with van der Waals surface area (Å²) < 4.78 is 38.7. The van der Waals surface area contributed by atoms with Crippen molar-refractivity contribution in [1.82, 2.24) is 4.31 Å². The average Bonchev–Trinajstić information content (AvgIpc) is 2.93. The Morgan fingerprint density at radius 1 is 1.50 bits per heavy atom. The van der Waals surface area contributed by atoms with Gasteiger partial charge >= 0.3 is 0 Å². The molecule has 2 N–H and O–H groups in total. The SMILES string of the molecule is CC1CC1CN(C)S(=O)(=O)c1ccc(F)cc1N. The van der Waals surface area contributed by atoms with Gasteiger partial charge in [-0.15, -0.1) is 0 Å². The Balaban J connectivity index is 2.24. The highest BCUT2D eigenvalue weighted by atomic mass is 32.2. The van der Waals surface area contributed by atoms with Crippen molar-refractivity contribution in [2.75, 3.05) is 19.3 Å². The van der Waals surface area contributed by atoms with Crippen molar-refractivity contribution >= 4 is 15.7 Å². The first-order valence-corrected chi connectivity index (χ1v) is 7.27. The Morgan fingerprint density at radius 3 is 2.61 bits per heavy atom. The minimum absolute atomic E-state index is 0.0281. The molecule has 100 valence electrons. The molecule has 1 aromatic carbocycles. The summed E-state index contributed by atoms with van der Waals surface area (Å²) in [4.78, 5) is -0.0281. The maximum atomic E-state index is 12.9. The summed E-state index contributed by atoms with van der Waals surface area (Å²) >= 11 is 0. The lowest BCUT2D eigenvalue weighted by Gasteiger charge is -2.18. The zero-order chi connectivity index (χ0) is 13.5. The number of hydrogen-bond donors (Lipinski definition) is 1. The number of hydrogen-bond acceptors (Lipinski definition) is 3. The van der Waals surface area contributed by atoms with E-state index in [0.29, 0.717) is 18.4 Å². The zero-order valence-electron chi connectivity index (χ0n) is 10.4. The molecule has 1 aromatic rings. The number of rotatable bonds is 4. The smallest absolute Gasteiger partial charge is 0.244 e. The van der Waals surface area contributed by atoms with Crippen LogP contribution in [0.1, 0.15) is 13.3 Å². The quantitative estimate of drug-likeness (QED) is 0.848. The van der Waals surface area contributed by atoms with Gasteiger partial charge in [-0.05, 0) is 36.5 Å². The van der Waals surface area contributed by atoms with Gasteiger partial charge in [0.15, 0.2) is 0 Å². The molecule has 0 bridgehead atoms. The van der Waals surface area contributed by atoms with E-state index in [2.05, 4.69) is 6.92 Å². The molecule has 0 aromatic heterocycles. The van der Waals surface area contributed by atoms with Gasteiger partial charge in [-0.3, -0.25) is 0 Å². The first kappa shape index (κ1) is 13.3. The summed E-state index contributed by atoms with van der Waals surface area (Å²) in [6, 6.07) is 3.35. The molecule has 0 saturated heterocycles. The normalized spacial score (nSPS) is 23.3. The van der Waals surface area contributed by atoms with Crippen molar-refractivity contribution in [3.05, 3.63) is 24.0 Å². The Morgan fingerprint density at radius 2 is 2.11 bits per heavy atom. The molecule has 0 aliphatic heterocycles. The van der Waals surface area contributed by atoms with Gasteiger partial charge in [0.1, 0.15) is 10.7 Å². The fourth-order valence-corrected chi connectivity index (χ4v) is 3.32.